The van der Waals surface area contributed by atoms with Crippen LogP contribution in [0.4, 0.5) is 0 Å². The van der Waals surface area contributed by atoms with Gasteiger partial charge in [0, 0.05) is 5.56 Å². The Bertz CT molecular complexity index is 997. The summed E-state index contributed by atoms with van der Waals surface area (Å²) in [4.78, 5) is 12.9. The number of carbonyl (C=O) groups is 1. The van der Waals surface area contributed by atoms with Gasteiger partial charge in [0.2, 0.25) is 0 Å². The van der Waals surface area contributed by atoms with Crippen LogP contribution < -0.4 is 14.8 Å². The Labute approximate surface area is 169 Å². The molecule has 3 rings (SSSR count). The zero-order chi connectivity index (χ0) is 21.0. The van der Waals surface area contributed by atoms with E-state index in [-0.39, 0.29) is 11.9 Å². The molecule has 0 bridgehead atoms. The maximum absolute atomic E-state index is 12.9. The number of ether oxygens (including phenoxy) is 2. The summed E-state index contributed by atoms with van der Waals surface area (Å²) in [5.41, 5.74) is 3.52. The first kappa shape index (κ1) is 20.4. The first-order chi connectivity index (χ1) is 13.9. The molecule has 0 saturated carbocycles. The number of hydrogen-bond acceptors (Lipinski definition) is 5. The smallest absolute Gasteiger partial charge is 0.255 e. The van der Waals surface area contributed by atoms with E-state index in [0.29, 0.717) is 17.0 Å². The van der Waals surface area contributed by atoms with Crippen LogP contribution in [0.1, 0.15) is 47.6 Å². The third-order valence-electron chi connectivity index (χ3n) is 4.79. The fraction of sp³-hybridized carbons (Fsp3) is 0.273. The summed E-state index contributed by atoms with van der Waals surface area (Å²) in [5, 5.41) is 19.7. The summed E-state index contributed by atoms with van der Waals surface area (Å²) in [6.45, 7) is 3.57. The van der Waals surface area contributed by atoms with Gasteiger partial charge in [-0.2, -0.15) is 5.10 Å². The van der Waals surface area contributed by atoms with Crippen LogP contribution in [0.3, 0.4) is 0 Å². The number of carbonyl (C=O) groups excluding carboxylic acids is 1. The molecular formula is C22H25N3O4. The number of hydrogen-bond donors (Lipinski definition) is 3. The predicted octanol–water partition coefficient (Wildman–Crippen LogP) is 3.64. The van der Waals surface area contributed by atoms with Gasteiger partial charge in [0.25, 0.3) is 5.91 Å². The second-order valence-corrected chi connectivity index (χ2v) is 6.76. The fourth-order valence-electron chi connectivity index (χ4n) is 3.16. The molecule has 1 amide bonds. The predicted molar refractivity (Wildman–Crippen MR) is 110 cm³/mol. The Morgan fingerprint density at radius 3 is 2.62 bits per heavy atom. The van der Waals surface area contributed by atoms with Crippen LogP contribution in [0, 0.1) is 0 Å². The summed E-state index contributed by atoms with van der Waals surface area (Å²) in [5.74, 6) is 0.932. The third kappa shape index (κ3) is 4.41. The Morgan fingerprint density at radius 1 is 1.14 bits per heavy atom. The topological polar surface area (TPSA) is 96.5 Å². The highest BCUT2D eigenvalue weighted by Gasteiger charge is 2.19. The Hall–Kier alpha value is -3.32. The van der Waals surface area contributed by atoms with Crippen molar-refractivity contribution in [2.45, 2.75) is 26.0 Å². The number of nitrogens with zero attached hydrogens (tertiary/aromatic N) is 1. The van der Waals surface area contributed by atoms with Gasteiger partial charge in [0.05, 0.1) is 43.8 Å². The van der Waals surface area contributed by atoms with Gasteiger partial charge in [0.1, 0.15) is 11.5 Å². The average Bonchev–Trinajstić information content (AvgIpc) is 3.23. The Kier molecular flexibility index (Phi) is 6.19. The molecule has 2 unspecified atom stereocenters. The third-order valence-corrected chi connectivity index (χ3v) is 4.79. The van der Waals surface area contributed by atoms with Crippen molar-refractivity contribution in [3.8, 4) is 22.6 Å². The van der Waals surface area contributed by atoms with Crippen molar-refractivity contribution in [3.63, 3.8) is 0 Å². The number of rotatable bonds is 7. The highest BCUT2D eigenvalue weighted by molar-refractivity contribution is 5.98. The summed E-state index contributed by atoms with van der Waals surface area (Å²) < 4.78 is 10.7. The lowest BCUT2D eigenvalue weighted by Crippen LogP contribution is -2.27. The van der Waals surface area contributed by atoms with Gasteiger partial charge in [-0.15, -0.1) is 0 Å². The molecule has 7 heteroatoms. The SMILES string of the molecule is COc1cccc(C(C)NC(=O)c2ccc(-c3cn[nH]c3C(C)O)cc2OC)c1. The molecule has 0 saturated heterocycles. The number of aromatic nitrogens is 2. The van der Waals surface area contributed by atoms with E-state index in [0.717, 1.165) is 22.4 Å². The number of aliphatic hydroxyl groups excluding tert-OH is 1. The van der Waals surface area contributed by atoms with Crippen molar-refractivity contribution >= 4 is 5.91 Å². The molecule has 1 aromatic heterocycles. The van der Waals surface area contributed by atoms with E-state index in [9.17, 15) is 9.90 Å². The van der Waals surface area contributed by atoms with Crippen molar-refractivity contribution in [2.24, 2.45) is 0 Å². The van der Waals surface area contributed by atoms with Gasteiger partial charge >= 0.3 is 0 Å². The maximum atomic E-state index is 12.9. The molecule has 1 heterocycles. The minimum atomic E-state index is -0.690. The van der Waals surface area contributed by atoms with Crippen molar-refractivity contribution in [3.05, 3.63) is 65.5 Å². The lowest BCUT2D eigenvalue weighted by Gasteiger charge is -2.17. The number of H-pyrrole nitrogens is 1. The number of benzene rings is 2. The van der Waals surface area contributed by atoms with Crippen LogP contribution in [-0.4, -0.2) is 35.4 Å². The lowest BCUT2D eigenvalue weighted by atomic mass is 10.0. The Balaban J connectivity index is 1.84. The Morgan fingerprint density at radius 2 is 1.93 bits per heavy atom. The molecule has 3 aromatic rings. The van der Waals surface area contributed by atoms with Gasteiger partial charge in [-0.25, -0.2) is 0 Å². The molecule has 7 nitrogen and oxygen atoms in total. The van der Waals surface area contributed by atoms with Gasteiger partial charge in [0.15, 0.2) is 0 Å². The molecule has 29 heavy (non-hydrogen) atoms. The normalized spacial score (nSPS) is 12.9. The van der Waals surface area contributed by atoms with Gasteiger partial charge in [-0.3, -0.25) is 9.89 Å². The molecule has 0 aliphatic carbocycles. The van der Waals surface area contributed by atoms with Crippen LogP contribution in [0.15, 0.2) is 48.7 Å². The minimum Gasteiger partial charge on any atom is -0.497 e. The monoisotopic (exact) mass is 395 g/mol. The van der Waals surface area contributed by atoms with E-state index in [4.69, 9.17) is 9.47 Å². The van der Waals surface area contributed by atoms with E-state index in [1.54, 1.807) is 32.4 Å². The van der Waals surface area contributed by atoms with Gasteiger partial charge in [-0.05, 0) is 49.2 Å². The van der Waals surface area contributed by atoms with Crippen molar-refractivity contribution in [2.75, 3.05) is 14.2 Å². The van der Waals surface area contributed by atoms with E-state index in [1.165, 1.54) is 7.11 Å². The van der Waals surface area contributed by atoms with Crippen LogP contribution in [0.5, 0.6) is 11.5 Å². The first-order valence-electron chi connectivity index (χ1n) is 9.29. The molecule has 0 aliphatic heterocycles. The van der Waals surface area contributed by atoms with E-state index < -0.39 is 6.10 Å². The fourth-order valence-corrected chi connectivity index (χ4v) is 3.16. The minimum absolute atomic E-state index is 0.210. The molecule has 0 aliphatic rings. The van der Waals surface area contributed by atoms with Gasteiger partial charge < -0.3 is 19.9 Å². The zero-order valence-corrected chi connectivity index (χ0v) is 16.9. The second kappa shape index (κ2) is 8.79. The molecule has 0 radical (unpaired) electrons. The summed E-state index contributed by atoms with van der Waals surface area (Å²) in [6.07, 6.45) is 0.951. The molecule has 2 atom stereocenters. The molecule has 3 N–H and O–H groups in total. The van der Waals surface area contributed by atoms with Gasteiger partial charge in [-0.1, -0.05) is 18.2 Å². The van der Waals surface area contributed by atoms with Crippen LogP contribution in [-0.2, 0) is 0 Å². The number of nitrogens with one attached hydrogen (secondary N) is 2. The average molecular weight is 395 g/mol. The summed E-state index contributed by atoms with van der Waals surface area (Å²) >= 11 is 0. The highest BCUT2D eigenvalue weighted by Crippen LogP contribution is 2.31. The van der Waals surface area contributed by atoms with Crippen LogP contribution in [0.25, 0.3) is 11.1 Å². The number of aromatic amines is 1. The zero-order valence-electron chi connectivity index (χ0n) is 16.9. The van der Waals surface area contributed by atoms with Crippen LogP contribution >= 0.6 is 0 Å². The van der Waals surface area contributed by atoms with E-state index >= 15 is 0 Å². The lowest BCUT2D eigenvalue weighted by molar-refractivity contribution is 0.0936. The molecule has 2 aromatic carbocycles. The summed E-state index contributed by atoms with van der Waals surface area (Å²) in [6, 6.07) is 12.6. The second-order valence-electron chi connectivity index (χ2n) is 6.76. The molecule has 0 spiro atoms. The molecule has 152 valence electrons. The standard InChI is InChI=1S/C22H25N3O4/c1-13(15-6-5-7-17(10-15)28-3)24-22(27)18-9-8-16(11-20(18)29-4)19-12-23-25-21(19)14(2)26/h5-14,26H,1-4H3,(H,23,25)(H,24,27). The quantitative estimate of drug-likeness (QED) is 0.568. The van der Waals surface area contributed by atoms with E-state index in [2.05, 4.69) is 15.5 Å². The summed E-state index contributed by atoms with van der Waals surface area (Å²) in [7, 11) is 3.13. The highest BCUT2D eigenvalue weighted by atomic mass is 16.5. The van der Waals surface area contributed by atoms with E-state index in [1.807, 2.05) is 37.3 Å². The van der Waals surface area contributed by atoms with Crippen LogP contribution in [0.2, 0.25) is 0 Å². The van der Waals surface area contributed by atoms with Crippen molar-refractivity contribution < 1.29 is 19.4 Å². The molecular weight excluding hydrogens is 370 g/mol. The first-order valence-corrected chi connectivity index (χ1v) is 9.29. The largest absolute Gasteiger partial charge is 0.497 e. The van der Waals surface area contributed by atoms with Crippen molar-refractivity contribution in [1.82, 2.24) is 15.5 Å². The number of aliphatic hydroxyl groups is 1. The maximum Gasteiger partial charge on any atom is 0.255 e. The molecule has 0 fully saturated rings. The van der Waals surface area contributed by atoms with Crippen molar-refractivity contribution in [1.29, 1.82) is 0 Å². The number of methoxy groups -OCH3 is 2. The number of amides is 1.